The van der Waals surface area contributed by atoms with Crippen LogP contribution in [0.2, 0.25) is 0 Å². The van der Waals surface area contributed by atoms with E-state index in [2.05, 4.69) is 49.5 Å². The highest BCUT2D eigenvalue weighted by Crippen LogP contribution is 2.21. The van der Waals surface area contributed by atoms with Gasteiger partial charge in [-0.25, -0.2) is 0 Å². The Bertz CT molecular complexity index is 389. The standard InChI is InChI=1S/C17H25N/c1-3-17(16-10-8-14(2)9-11-16)18-13-12-15-6-4-5-7-15/h6,8-11,17-18H,3-5,7,12-13H2,1-2H3. The molecular formula is C17H25N. The number of benzene rings is 1. The molecule has 0 radical (unpaired) electrons. The van der Waals surface area contributed by atoms with Gasteiger partial charge in [-0.1, -0.05) is 48.4 Å². The van der Waals surface area contributed by atoms with E-state index in [0.29, 0.717) is 6.04 Å². The molecule has 1 N–H and O–H groups in total. The van der Waals surface area contributed by atoms with Gasteiger partial charge in [-0.2, -0.15) is 0 Å². The lowest BCUT2D eigenvalue weighted by atomic mass is 10.0. The number of hydrogen-bond acceptors (Lipinski definition) is 1. The Morgan fingerprint density at radius 2 is 2.00 bits per heavy atom. The molecule has 0 fully saturated rings. The Balaban J connectivity index is 1.83. The second kappa shape index (κ2) is 6.75. The molecule has 1 heteroatoms. The maximum atomic E-state index is 3.69. The average Bonchev–Trinajstić information content (AvgIpc) is 2.89. The second-order valence-electron chi connectivity index (χ2n) is 5.33. The SMILES string of the molecule is CCC(NCCC1=CCCC1)c1ccc(C)cc1. The van der Waals surface area contributed by atoms with Gasteiger partial charge in [0, 0.05) is 6.04 Å². The van der Waals surface area contributed by atoms with Crippen LogP contribution in [0.5, 0.6) is 0 Å². The van der Waals surface area contributed by atoms with E-state index in [4.69, 9.17) is 0 Å². The van der Waals surface area contributed by atoms with Gasteiger partial charge >= 0.3 is 0 Å². The quantitative estimate of drug-likeness (QED) is 0.723. The molecule has 0 heterocycles. The molecule has 18 heavy (non-hydrogen) atoms. The van der Waals surface area contributed by atoms with Crippen molar-refractivity contribution in [3.05, 3.63) is 47.0 Å². The lowest BCUT2D eigenvalue weighted by Crippen LogP contribution is -2.22. The number of rotatable bonds is 6. The van der Waals surface area contributed by atoms with E-state index in [1.165, 1.54) is 36.8 Å². The molecule has 0 aliphatic heterocycles. The van der Waals surface area contributed by atoms with Crippen molar-refractivity contribution < 1.29 is 0 Å². The van der Waals surface area contributed by atoms with Crippen molar-refractivity contribution in [2.75, 3.05) is 6.54 Å². The predicted molar refractivity (Wildman–Crippen MR) is 78.8 cm³/mol. The van der Waals surface area contributed by atoms with Gasteiger partial charge < -0.3 is 5.32 Å². The molecule has 0 saturated heterocycles. The molecule has 98 valence electrons. The third-order valence-electron chi connectivity index (χ3n) is 3.86. The molecular weight excluding hydrogens is 218 g/mol. The first-order chi connectivity index (χ1) is 8.79. The normalized spacial score (nSPS) is 16.7. The molecule has 1 aromatic rings. The summed E-state index contributed by atoms with van der Waals surface area (Å²) in [6.45, 7) is 5.51. The van der Waals surface area contributed by atoms with Crippen LogP contribution in [0.25, 0.3) is 0 Å². The molecule has 2 rings (SSSR count). The summed E-state index contributed by atoms with van der Waals surface area (Å²) < 4.78 is 0. The number of allylic oxidation sites excluding steroid dienone is 1. The summed E-state index contributed by atoms with van der Waals surface area (Å²) in [6, 6.07) is 9.43. The van der Waals surface area contributed by atoms with Gasteiger partial charge in [-0.3, -0.25) is 0 Å². The highest BCUT2D eigenvalue weighted by Gasteiger charge is 2.09. The van der Waals surface area contributed by atoms with Crippen LogP contribution in [-0.4, -0.2) is 6.54 Å². The van der Waals surface area contributed by atoms with Crippen molar-refractivity contribution in [2.45, 2.75) is 52.0 Å². The fourth-order valence-corrected chi connectivity index (χ4v) is 2.67. The zero-order valence-electron chi connectivity index (χ0n) is 11.7. The lowest BCUT2D eigenvalue weighted by Gasteiger charge is -2.18. The lowest BCUT2D eigenvalue weighted by molar-refractivity contribution is 0.520. The summed E-state index contributed by atoms with van der Waals surface area (Å²) >= 11 is 0. The van der Waals surface area contributed by atoms with E-state index in [9.17, 15) is 0 Å². The van der Waals surface area contributed by atoms with Crippen molar-refractivity contribution >= 4 is 0 Å². The molecule has 0 aromatic heterocycles. The van der Waals surface area contributed by atoms with Crippen LogP contribution in [-0.2, 0) is 0 Å². The van der Waals surface area contributed by atoms with Gasteiger partial charge in [0.15, 0.2) is 0 Å². The summed E-state index contributed by atoms with van der Waals surface area (Å²) in [7, 11) is 0. The van der Waals surface area contributed by atoms with E-state index in [1.807, 2.05) is 0 Å². The first-order valence-electron chi connectivity index (χ1n) is 7.27. The molecule has 1 aliphatic carbocycles. The smallest absolute Gasteiger partial charge is 0.0317 e. The number of hydrogen-bond donors (Lipinski definition) is 1. The van der Waals surface area contributed by atoms with Crippen molar-refractivity contribution in [1.29, 1.82) is 0 Å². The van der Waals surface area contributed by atoms with Gasteiger partial charge in [0.05, 0.1) is 0 Å². The second-order valence-corrected chi connectivity index (χ2v) is 5.33. The molecule has 0 amide bonds. The molecule has 1 aliphatic rings. The molecule has 0 saturated carbocycles. The highest BCUT2D eigenvalue weighted by atomic mass is 14.9. The van der Waals surface area contributed by atoms with Crippen LogP contribution in [0.4, 0.5) is 0 Å². The zero-order chi connectivity index (χ0) is 12.8. The molecule has 1 nitrogen and oxygen atoms in total. The van der Waals surface area contributed by atoms with E-state index in [1.54, 1.807) is 5.57 Å². The minimum atomic E-state index is 0.507. The summed E-state index contributed by atoms with van der Waals surface area (Å²) in [4.78, 5) is 0. The Morgan fingerprint density at radius 3 is 2.61 bits per heavy atom. The van der Waals surface area contributed by atoms with Gasteiger partial charge in [0.1, 0.15) is 0 Å². The minimum absolute atomic E-state index is 0.507. The average molecular weight is 243 g/mol. The molecule has 0 spiro atoms. The monoisotopic (exact) mass is 243 g/mol. The largest absolute Gasteiger partial charge is 0.310 e. The maximum absolute atomic E-state index is 3.69. The first kappa shape index (κ1) is 13.4. The summed E-state index contributed by atoms with van der Waals surface area (Å²) in [6.07, 6.45) is 8.79. The zero-order valence-corrected chi connectivity index (χ0v) is 11.7. The molecule has 1 aromatic carbocycles. The topological polar surface area (TPSA) is 12.0 Å². The Hall–Kier alpha value is -1.08. The minimum Gasteiger partial charge on any atom is -0.310 e. The van der Waals surface area contributed by atoms with Crippen LogP contribution in [0.3, 0.4) is 0 Å². The van der Waals surface area contributed by atoms with Gasteiger partial charge in [-0.05, 0) is 51.1 Å². The van der Waals surface area contributed by atoms with E-state index >= 15 is 0 Å². The first-order valence-corrected chi connectivity index (χ1v) is 7.27. The van der Waals surface area contributed by atoms with Gasteiger partial charge in [0.25, 0.3) is 0 Å². The highest BCUT2D eigenvalue weighted by molar-refractivity contribution is 5.24. The molecule has 1 unspecified atom stereocenters. The van der Waals surface area contributed by atoms with E-state index in [0.717, 1.165) is 13.0 Å². The fraction of sp³-hybridized carbons (Fsp3) is 0.529. The molecule has 1 atom stereocenters. The van der Waals surface area contributed by atoms with Gasteiger partial charge in [-0.15, -0.1) is 0 Å². The maximum Gasteiger partial charge on any atom is 0.0317 e. The van der Waals surface area contributed by atoms with E-state index < -0.39 is 0 Å². The van der Waals surface area contributed by atoms with E-state index in [-0.39, 0.29) is 0 Å². The number of aryl methyl sites for hydroxylation is 1. The summed E-state index contributed by atoms with van der Waals surface area (Å²) in [5.74, 6) is 0. The van der Waals surface area contributed by atoms with Crippen LogP contribution in [0.1, 0.15) is 56.2 Å². The Labute approximate surface area is 111 Å². The van der Waals surface area contributed by atoms with Crippen molar-refractivity contribution in [3.8, 4) is 0 Å². The summed E-state index contributed by atoms with van der Waals surface area (Å²) in [5.41, 5.74) is 4.41. The van der Waals surface area contributed by atoms with Gasteiger partial charge in [0.2, 0.25) is 0 Å². The van der Waals surface area contributed by atoms with Crippen molar-refractivity contribution in [2.24, 2.45) is 0 Å². The van der Waals surface area contributed by atoms with Crippen LogP contribution in [0, 0.1) is 6.92 Å². The van der Waals surface area contributed by atoms with Crippen molar-refractivity contribution in [3.63, 3.8) is 0 Å². The van der Waals surface area contributed by atoms with Crippen LogP contribution < -0.4 is 5.32 Å². The number of nitrogens with one attached hydrogen (secondary N) is 1. The Morgan fingerprint density at radius 1 is 1.22 bits per heavy atom. The van der Waals surface area contributed by atoms with Crippen molar-refractivity contribution in [1.82, 2.24) is 5.32 Å². The predicted octanol–water partition coefficient (Wildman–Crippen LogP) is 4.54. The Kier molecular flexibility index (Phi) is 5.00. The third-order valence-corrected chi connectivity index (χ3v) is 3.86. The molecule has 0 bridgehead atoms. The summed E-state index contributed by atoms with van der Waals surface area (Å²) in [5, 5.41) is 3.69. The van der Waals surface area contributed by atoms with Crippen LogP contribution >= 0.6 is 0 Å². The third kappa shape index (κ3) is 3.71. The van der Waals surface area contributed by atoms with Crippen LogP contribution in [0.15, 0.2) is 35.9 Å². The fourth-order valence-electron chi connectivity index (χ4n) is 2.67.